The molecule has 0 aromatic carbocycles. The van der Waals surface area contributed by atoms with Gasteiger partial charge in [-0.2, -0.15) is 0 Å². The van der Waals surface area contributed by atoms with Crippen molar-refractivity contribution in [2.24, 2.45) is 0 Å². The molecule has 0 aliphatic heterocycles. The number of nitrogens with zero attached hydrogens (tertiary/aromatic N) is 2. The zero-order chi connectivity index (χ0) is 14.8. The molecule has 0 aliphatic carbocycles. The molecule has 1 aromatic heterocycles. The minimum Gasteiger partial charge on any atom is -0.587 e. The number of hydrogen-bond acceptors (Lipinski definition) is 6. The van der Waals surface area contributed by atoms with Gasteiger partial charge in [-0.3, -0.25) is 0 Å². The number of thiazole rings is 1. The maximum absolute atomic E-state index is 12.4. The molecule has 0 saturated heterocycles. The van der Waals surface area contributed by atoms with E-state index in [9.17, 15) is 14.5 Å². The van der Waals surface area contributed by atoms with E-state index in [1.54, 1.807) is 20.8 Å². The van der Waals surface area contributed by atoms with Gasteiger partial charge in [0.25, 0.3) is 4.21 Å². The summed E-state index contributed by atoms with van der Waals surface area (Å²) in [5.74, 6) is -1.63. The van der Waals surface area contributed by atoms with Crippen molar-refractivity contribution >= 4 is 28.8 Å². The van der Waals surface area contributed by atoms with Gasteiger partial charge in [-0.05, 0) is 20.8 Å². The summed E-state index contributed by atoms with van der Waals surface area (Å²) in [6, 6.07) is 0. The monoisotopic (exact) mass is 306 g/mol. The number of aromatic nitrogens is 1. The molecular weight excluding hydrogens is 288 g/mol. The van der Waals surface area contributed by atoms with E-state index in [0.29, 0.717) is 4.21 Å². The van der Waals surface area contributed by atoms with Gasteiger partial charge < -0.3 is 14.4 Å². The van der Waals surface area contributed by atoms with Crippen LogP contribution in [0.15, 0.2) is 15.9 Å². The fourth-order valence-electron chi connectivity index (χ4n) is 1.23. The van der Waals surface area contributed by atoms with Crippen LogP contribution in [0, 0.1) is 0 Å². The van der Waals surface area contributed by atoms with Crippen LogP contribution >= 0.6 is 11.3 Å². The zero-order valence-electron chi connectivity index (χ0n) is 11.5. The Labute approximate surface area is 119 Å². The van der Waals surface area contributed by atoms with Crippen LogP contribution in [0.4, 0.5) is 4.79 Å². The van der Waals surface area contributed by atoms with Gasteiger partial charge in [0.1, 0.15) is 11.4 Å². The van der Waals surface area contributed by atoms with Crippen LogP contribution in [0.1, 0.15) is 34.6 Å². The van der Waals surface area contributed by atoms with Crippen LogP contribution in [-0.4, -0.2) is 36.4 Å². The lowest BCUT2D eigenvalue weighted by molar-refractivity contribution is -0.137. The van der Waals surface area contributed by atoms with Gasteiger partial charge in [-0.15, -0.1) is 4.31 Å². The normalized spacial score (nSPS) is 14.1. The van der Waals surface area contributed by atoms with Crippen LogP contribution < -0.4 is 0 Å². The highest BCUT2D eigenvalue weighted by Gasteiger charge is 2.42. The third-order valence-electron chi connectivity index (χ3n) is 1.86. The number of rotatable bonds is 3. The van der Waals surface area contributed by atoms with Gasteiger partial charge in [0.2, 0.25) is 5.79 Å². The van der Waals surface area contributed by atoms with Crippen molar-refractivity contribution in [3.8, 4) is 0 Å². The quantitative estimate of drug-likeness (QED) is 0.683. The summed E-state index contributed by atoms with van der Waals surface area (Å²) in [5.41, 5.74) is 0.812. The average Bonchev–Trinajstić information content (AvgIpc) is 2.63. The number of hydrogen-bond donors (Lipinski definition) is 1. The Morgan fingerprint density at radius 3 is 2.42 bits per heavy atom. The Morgan fingerprint density at radius 1 is 1.47 bits per heavy atom. The molecule has 1 unspecified atom stereocenters. The van der Waals surface area contributed by atoms with Crippen LogP contribution in [0.5, 0.6) is 0 Å². The molecule has 1 aromatic rings. The minimum absolute atomic E-state index is 0.447. The van der Waals surface area contributed by atoms with E-state index in [4.69, 9.17) is 4.74 Å². The van der Waals surface area contributed by atoms with Crippen molar-refractivity contribution in [2.75, 3.05) is 0 Å². The molecule has 0 saturated carbocycles. The van der Waals surface area contributed by atoms with Gasteiger partial charge in [0, 0.05) is 13.8 Å². The van der Waals surface area contributed by atoms with Gasteiger partial charge in [-0.1, -0.05) is 11.3 Å². The molecule has 0 spiro atoms. The van der Waals surface area contributed by atoms with Gasteiger partial charge in [-0.25, -0.2) is 9.78 Å². The Bertz CT molecular complexity index is 423. The number of amides is 1. The number of ether oxygens (including phenoxy) is 1. The molecule has 0 radical (unpaired) electrons. The Kier molecular flexibility index (Phi) is 4.83. The molecule has 19 heavy (non-hydrogen) atoms. The smallest absolute Gasteiger partial charge is 0.455 e. The molecule has 6 nitrogen and oxygen atoms in total. The lowest BCUT2D eigenvalue weighted by Gasteiger charge is -2.34. The van der Waals surface area contributed by atoms with Gasteiger partial charge in [0.05, 0.1) is 17.2 Å². The first-order valence-electron chi connectivity index (χ1n) is 5.58. The van der Waals surface area contributed by atoms with Crippen LogP contribution in [-0.2, 0) is 16.1 Å². The van der Waals surface area contributed by atoms with Crippen molar-refractivity contribution in [1.29, 1.82) is 0 Å². The molecular formula is C11H18N2O4S2. The van der Waals surface area contributed by atoms with Crippen molar-refractivity contribution in [1.82, 2.24) is 9.29 Å². The molecule has 8 heteroatoms. The summed E-state index contributed by atoms with van der Waals surface area (Å²) in [6.07, 6.45) is 0.600. The standard InChI is InChI=1S/C11H18N2O4S2/c1-10(2,3)13(9(14)17-11(4,5)15)19(16)8-6-12-7-18-8/h6-7,15H,1-5H3. The third kappa shape index (κ3) is 4.64. The third-order valence-corrected chi connectivity index (χ3v) is 4.62. The number of carbonyl (C=O) groups excluding carboxylic acids is 1. The Hall–Kier alpha value is -0.830. The summed E-state index contributed by atoms with van der Waals surface area (Å²) >= 11 is -0.533. The Morgan fingerprint density at radius 2 is 2.05 bits per heavy atom. The molecule has 108 valence electrons. The van der Waals surface area contributed by atoms with Crippen molar-refractivity contribution in [3.05, 3.63) is 11.7 Å². The molecule has 1 rings (SSSR count). The molecule has 1 amide bonds. The fraction of sp³-hybridized carbons (Fsp3) is 0.636. The van der Waals surface area contributed by atoms with Crippen LogP contribution in [0.3, 0.4) is 0 Å². The SMILES string of the molecule is CC(C)(O)OC(=O)N([S+]([O-])c1cncs1)C(C)(C)C. The molecule has 0 fully saturated rings. The van der Waals surface area contributed by atoms with E-state index < -0.39 is 28.8 Å². The Balaban J connectivity index is 3.00. The van der Waals surface area contributed by atoms with Crippen molar-refractivity contribution < 1.29 is 19.2 Å². The van der Waals surface area contributed by atoms with Gasteiger partial charge >= 0.3 is 6.09 Å². The van der Waals surface area contributed by atoms with E-state index >= 15 is 0 Å². The molecule has 1 atom stereocenters. The second kappa shape index (κ2) is 5.66. The van der Waals surface area contributed by atoms with Crippen LogP contribution in [0.2, 0.25) is 0 Å². The first-order valence-corrected chi connectivity index (χ1v) is 7.57. The minimum atomic E-state index is -1.72. The molecule has 0 bridgehead atoms. The predicted molar refractivity (Wildman–Crippen MR) is 72.9 cm³/mol. The highest BCUT2D eigenvalue weighted by Crippen LogP contribution is 2.28. The largest absolute Gasteiger partial charge is 0.587 e. The predicted octanol–water partition coefficient (Wildman–Crippen LogP) is 2.13. The maximum Gasteiger partial charge on any atom is 0.455 e. The topological polar surface area (TPSA) is 85.7 Å². The molecule has 1 N–H and O–H groups in total. The highest BCUT2D eigenvalue weighted by atomic mass is 32.2. The van der Waals surface area contributed by atoms with Gasteiger partial charge in [0.15, 0.2) is 0 Å². The van der Waals surface area contributed by atoms with Crippen molar-refractivity contribution in [3.63, 3.8) is 0 Å². The van der Waals surface area contributed by atoms with Crippen LogP contribution in [0.25, 0.3) is 0 Å². The number of carbonyl (C=O) groups is 1. The molecule has 0 aliphatic rings. The highest BCUT2D eigenvalue weighted by molar-refractivity contribution is 7.91. The van der Waals surface area contributed by atoms with E-state index in [2.05, 4.69) is 4.98 Å². The van der Waals surface area contributed by atoms with E-state index in [1.165, 1.54) is 36.9 Å². The summed E-state index contributed by atoms with van der Waals surface area (Å²) in [4.78, 5) is 15.9. The lowest BCUT2D eigenvalue weighted by atomic mass is 10.1. The van der Waals surface area contributed by atoms with E-state index in [0.717, 1.165) is 4.31 Å². The van der Waals surface area contributed by atoms with Crippen molar-refractivity contribution in [2.45, 2.75) is 50.2 Å². The van der Waals surface area contributed by atoms with E-state index in [1.807, 2.05) is 0 Å². The molecule has 1 heterocycles. The first kappa shape index (κ1) is 16.2. The summed E-state index contributed by atoms with van der Waals surface area (Å²) < 4.78 is 18.8. The summed E-state index contributed by atoms with van der Waals surface area (Å²) in [7, 11) is 0. The van der Waals surface area contributed by atoms with E-state index in [-0.39, 0.29) is 0 Å². The zero-order valence-corrected chi connectivity index (χ0v) is 13.2. The first-order chi connectivity index (χ1) is 8.52. The lowest BCUT2D eigenvalue weighted by Crippen LogP contribution is -2.51. The summed E-state index contributed by atoms with van der Waals surface area (Å²) in [6.45, 7) is 7.87. The maximum atomic E-state index is 12.4. The fourth-order valence-corrected chi connectivity index (χ4v) is 3.26. The average molecular weight is 306 g/mol. The number of aliphatic hydroxyl groups is 1. The summed E-state index contributed by atoms with van der Waals surface area (Å²) in [5, 5.41) is 9.54. The second-order valence-corrected chi connectivity index (χ2v) is 7.80. The second-order valence-electron chi connectivity index (χ2n) is 5.35.